The Labute approximate surface area is 107 Å². The summed E-state index contributed by atoms with van der Waals surface area (Å²) in [5.41, 5.74) is 5.92. The van der Waals surface area contributed by atoms with E-state index in [9.17, 15) is 9.59 Å². The fourth-order valence-corrected chi connectivity index (χ4v) is 0.636. The van der Waals surface area contributed by atoms with Gasteiger partial charge in [0.05, 0.1) is 0 Å². The Kier molecular flexibility index (Phi) is 7.76. The molecule has 0 heterocycles. The Morgan fingerprint density at radius 2 is 1.17 bits per heavy atom. The van der Waals surface area contributed by atoms with Gasteiger partial charge in [-0.3, -0.25) is 9.59 Å². The molecule has 0 aromatic carbocycles. The van der Waals surface area contributed by atoms with Crippen LogP contribution < -0.4 is 10.9 Å². The molecule has 0 saturated carbocycles. The second-order valence-corrected chi connectivity index (χ2v) is 3.46. The maximum Gasteiger partial charge on any atom is 0.331 e. The summed E-state index contributed by atoms with van der Waals surface area (Å²) in [5, 5.41) is 7.21. The molecule has 98 valence electrons. The SMILES string of the molecule is C/C=C(C)\C=N\NC(=O)C(=O)N/N=C/C(C)=C/C. The number of nitrogens with one attached hydrogen (secondary N) is 2. The maximum atomic E-state index is 11.2. The Morgan fingerprint density at radius 1 is 0.833 bits per heavy atom. The lowest BCUT2D eigenvalue weighted by atomic mass is 10.3. The highest BCUT2D eigenvalue weighted by molar-refractivity contribution is 6.35. The zero-order valence-electron chi connectivity index (χ0n) is 11.0. The summed E-state index contributed by atoms with van der Waals surface area (Å²) in [6.07, 6.45) is 6.52. The molecule has 0 fully saturated rings. The van der Waals surface area contributed by atoms with Crippen molar-refractivity contribution in [3.63, 3.8) is 0 Å². The Morgan fingerprint density at radius 3 is 1.44 bits per heavy atom. The van der Waals surface area contributed by atoms with E-state index in [2.05, 4.69) is 21.1 Å². The number of hydrogen-bond acceptors (Lipinski definition) is 4. The van der Waals surface area contributed by atoms with Crippen molar-refractivity contribution < 1.29 is 9.59 Å². The van der Waals surface area contributed by atoms with E-state index >= 15 is 0 Å². The molecule has 0 aromatic rings. The smallest absolute Gasteiger partial charge is 0.262 e. The summed E-state index contributed by atoms with van der Waals surface area (Å²) >= 11 is 0. The van der Waals surface area contributed by atoms with Gasteiger partial charge in [0, 0.05) is 12.4 Å². The van der Waals surface area contributed by atoms with Gasteiger partial charge in [-0.05, 0) is 38.8 Å². The molecule has 0 aromatic heterocycles. The molecule has 0 bridgehead atoms. The molecule has 0 aliphatic rings. The van der Waals surface area contributed by atoms with Crippen molar-refractivity contribution in [3.8, 4) is 0 Å². The number of allylic oxidation sites excluding steroid dienone is 4. The molecule has 0 spiro atoms. The van der Waals surface area contributed by atoms with Crippen molar-refractivity contribution >= 4 is 24.2 Å². The first-order valence-electron chi connectivity index (χ1n) is 5.43. The first-order chi connectivity index (χ1) is 8.51. The highest BCUT2D eigenvalue weighted by atomic mass is 16.2. The average molecular weight is 250 g/mol. The normalized spacial score (nSPS) is 13.1. The topological polar surface area (TPSA) is 82.9 Å². The van der Waals surface area contributed by atoms with E-state index in [4.69, 9.17) is 0 Å². The van der Waals surface area contributed by atoms with Crippen LogP contribution in [0.15, 0.2) is 33.5 Å². The summed E-state index contributed by atoms with van der Waals surface area (Å²) in [6.45, 7) is 7.32. The molecule has 2 amide bonds. The molecule has 6 nitrogen and oxygen atoms in total. The number of carbonyl (C=O) groups is 2. The van der Waals surface area contributed by atoms with Crippen LogP contribution in [0.25, 0.3) is 0 Å². The molecule has 0 aliphatic carbocycles. The summed E-state index contributed by atoms with van der Waals surface area (Å²) in [5.74, 6) is -1.74. The fraction of sp³-hybridized carbons (Fsp3) is 0.333. The van der Waals surface area contributed by atoms with Gasteiger partial charge in [0.25, 0.3) is 0 Å². The molecule has 2 N–H and O–H groups in total. The van der Waals surface area contributed by atoms with Crippen LogP contribution >= 0.6 is 0 Å². The molecule has 18 heavy (non-hydrogen) atoms. The quantitative estimate of drug-likeness (QED) is 0.445. The van der Waals surface area contributed by atoms with E-state index < -0.39 is 11.8 Å². The highest BCUT2D eigenvalue weighted by Gasteiger charge is 2.10. The fourth-order valence-electron chi connectivity index (χ4n) is 0.636. The van der Waals surface area contributed by atoms with Gasteiger partial charge in [0.15, 0.2) is 0 Å². The van der Waals surface area contributed by atoms with Crippen LogP contribution in [0.2, 0.25) is 0 Å². The lowest BCUT2D eigenvalue weighted by Crippen LogP contribution is -2.35. The highest BCUT2D eigenvalue weighted by Crippen LogP contribution is 1.85. The van der Waals surface area contributed by atoms with Crippen LogP contribution in [-0.2, 0) is 9.59 Å². The van der Waals surface area contributed by atoms with Gasteiger partial charge in [-0.25, -0.2) is 10.9 Å². The Bertz CT molecular complexity index is 380. The number of rotatable bonds is 4. The minimum atomic E-state index is -0.870. The van der Waals surface area contributed by atoms with Gasteiger partial charge in [0.1, 0.15) is 0 Å². The van der Waals surface area contributed by atoms with Gasteiger partial charge in [0.2, 0.25) is 0 Å². The predicted octanol–water partition coefficient (Wildman–Crippen LogP) is 1.12. The molecule has 0 unspecified atom stereocenters. The van der Waals surface area contributed by atoms with E-state index in [1.807, 2.05) is 39.8 Å². The van der Waals surface area contributed by atoms with Crippen LogP contribution in [0.5, 0.6) is 0 Å². The minimum absolute atomic E-state index is 0.870. The molecule has 0 atom stereocenters. The third-order valence-corrected chi connectivity index (χ3v) is 1.99. The average Bonchev–Trinajstić information content (AvgIpc) is 2.37. The first kappa shape index (κ1) is 15.8. The Balaban J connectivity index is 4.17. The van der Waals surface area contributed by atoms with Gasteiger partial charge >= 0.3 is 11.8 Å². The van der Waals surface area contributed by atoms with E-state index in [-0.39, 0.29) is 0 Å². The van der Waals surface area contributed by atoms with Crippen LogP contribution in [0.3, 0.4) is 0 Å². The zero-order chi connectivity index (χ0) is 14.0. The second kappa shape index (κ2) is 8.86. The predicted molar refractivity (Wildman–Crippen MR) is 72.1 cm³/mol. The van der Waals surface area contributed by atoms with Gasteiger partial charge in [-0.15, -0.1) is 0 Å². The zero-order valence-corrected chi connectivity index (χ0v) is 11.0. The second-order valence-electron chi connectivity index (χ2n) is 3.46. The van der Waals surface area contributed by atoms with Crippen LogP contribution in [-0.4, -0.2) is 24.2 Å². The van der Waals surface area contributed by atoms with Crippen LogP contribution in [0, 0.1) is 0 Å². The maximum absolute atomic E-state index is 11.2. The molecule has 0 radical (unpaired) electrons. The van der Waals surface area contributed by atoms with Crippen molar-refractivity contribution in [2.75, 3.05) is 0 Å². The third-order valence-electron chi connectivity index (χ3n) is 1.99. The summed E-state index contributed by atoms with van der Waals surface area (Å²) in [6, 6.07) is 0. The minimum Gasteiger partial charge on any atom is -0.262 e. The molecule has 0 saturated heterocycles. The number of carbonyl (C=O) groups excluding carboxylic acids is 2. The van der Waals surface area contributed by atoms with Gasteiger partial charge in [-0.1, -0.05) is 12.2 Å². The number of hydrogen-bond donors (Lipinski definition) is 2. The Hall–Kier alpha value is -2.24. The third kappa shape index (κ3) is 7.10. The largest absolute Gasteiger partial charge is 0.331 e. The number of amides is 2. The van der Waals surface area contributed by atoms with E-state index in [0.717, 1.165) is 11.1 Å². The van der Waals surface area contributed by atoms with E-state index in [0.29, 0.717) is 0 Å². The lowest BCUT2D eigenvalue weighted by molar-refractivity contribution is -0.139. The number of nitrogens with zero attached hydrogens (tertiary/aromatic N) is 2. The molecule has 0 rings (SSSR count). The van der Waals surface area contributed by atoms with Crippen LogP contribution in [0.4, 0.5) is 0 Å². The summed E-state index contributed by atoms with van der Waals surface area (Å²) in [4.78, 5) is 22.4. The van der Waals surface area contributed by atoms with Crippen molar-refractivity contribution in [2.24, 2.45) is 10.2 Å². The molecule has 6 heteroatoms. The van der Waals surface area contributed by atoms with Crippen molar-refractivity contribution in [2.45, 2.75) is 27.7 Å². The monoisotopic (exact) mass is 250 g/mol. The standard InChI is InChI=1S/C12H18N4O2/c1-5-9(3)7-13-15-11(17)12(18)16-14-8-10(4)6-2/h5-8H,1-4H3,(H,15,17)(H,16,18)/b9-5-,10-6+,13-7+,14-8+. The van der Waals surface area contributed by atoms with Crippen molar-refractivity contribution in [1.82, 2.24) is 10.9 Å². The molecular weight excluding hydrogens is 232 g/mol. The van der Waals surface area contributed by atoms with E-state index in [1.165, 1.54) is 12.4 Å². The van der Waals surface area contributed by atoms with Crippen molar-refractivity contribution in [3.05, 3.63) is 23.3 Å². The molecule has 0 aliphatic heterocycles. The van der Waals surface area contributed by atoms with E-state index in [1.54, 1.807) is 0 Å². The number of hydrazone groups is 2. The van der Waals surface area contributed by atoms with Gasteiger partial charge in [-0.2, -0.15) is 10.2 Å². The first-order valence-corrected chi connectivity index (χ1v) is 5.43. The lowest BCUT2D eigenvalue weighted by Gasteiger charge is -1.97. The van der Waals surface area contributed by atoms with Crippen LogP contribution in [0.1, 0.15) is 27.7 Å². The summed E-state index contributed by atoms with van der Waals surface area (Å²) in [7, 11) is 0. The van der Waals surface area contributed by atoms with Gasteiger partial charge < -0.3 is 0 Å². The van der Waals surface area contributed by atoms with Crippen molar-refractivity contribution in [1.29, 1.82) is 0 Å². The summed E-state index contributed by atoms with van der Waals surface area (Å²) < 4.78 is 0. The molecular formula is C12H18N4O2.